The van der Waals surface area contributed by atoms with Gasteiger partial charge in [0.1, 0.15) is 0 Å². The van der Waals surface area contributed by atoms with Crippen LogP contribution >= 0.6 is 15.2 Å². The van der Waals surface area contributed by atoms with Crippen LogP contribution in [0.2, 0.25) is 0 Å². The third-order valence-corrected chi connectivity index (χ3v) is 10.4. The smallest absolute Gasteiger partial charge is 0.307 e. The predicted molar refractivity (Wildman–Crippen MR) is 139 cm³/mol. The lowest BCUT2D eigenvalue weighted by molar-refractivity contribution is 0.191. The SMILES string of the molecule is CCOP(=O)(OCC)C(NC/C=C(\C)CC/C=C(\C)CCC=C(C)C)P(=O)(OCC)OCC. The fourth-order valence-corrected chi connectivity index (χ4v) is 8.15. The maximum atomic E-state index is 13.5. The van der Waals surface area contributed by atoms with E-state index in [0.717, 1.165) is 25.7 Å². The van der Waals surface area contributed by atoms with Crippen molar-refractivity contribution >= 4 is 15.2 Å². The minimum atomic E-state index is -3.79. The van der Waals surface area contributed by atoms with Crippen molar-refractivity contribution in [3.05, 3.63) is 34.9 Å². The Bertz CT molecular complexity index is 678. The Morgan fingerprint density at radius 1 is 0.697 bits per heavy atom. The zero-order chi connectivity index (χ0) is 25.3. The van der Waals surface area contributed by atoms with E-state index in [1.807, 2.05) is 6.08 Å². The standard InChI is InChI=1S/C24H47NO6P2/c1-9-28-32(26,29-10-2)24(33(27,30-11-3)31-12-4)25-20-19-23(8)18-14-17-22(7)16-13-15-21(5)6/h15,17,19,24-25H,9-14,16,18,20H2,1-8H3/b22-17+,23-19+. The molecule has 0 bridgehead atoms. The van der Waals surface area contributed by atoms with Crippen LogP contribution in [-0.2, 0) is 27.2 Å². The zero-order valence-electron chi connectivity index (χ0n) is 22.0. The van der Waals surface area contributed by atoms with E-state index in [1.54, 1.807) is 27.7 Å². The van der Waals surface area contributed by atoms with E-state index in [9.17, 15) is 9.13 Å². The molecule has 1 N–H and O–H groups in total. The maximum Gasteiger partial charge on any atom is 0.359 e. The monoisotopic (exact) mass is 507 g/mol. The molecule has 0 aliphatic rings. The van der Waals surface area contributed by atoms with Crippen LogP contribution in [0.3, 0.4) is 0 Å². The van der Waals surface area contributed by atoms with Gasteiger partial charge in [0.05, 0.1) is 26.4 Å². The van der Waals surface area contributed by atoms with Crippen molar-refractivity contribution < 1.29 is 27.2 Å². The highest BCUT2D eigenvalue weighted by atomic mass is 31.2. The first-order chi connectivity index (χ1) is 15.6. The fraction of sp³-hybridized carbons (Fsp3) is 0.750. The van der Waals surface area contributed by atoms with Gasteiger partial charge in [0, 0.05) is 6.54 Å². The van der Waals surface area contributed by atoms with Crippen LogP contribution in [-0.4, -0.2) is 38.5 Å². The number of rotatable bonds is 19. The molecule has 0 aromatic carbocycles. The van der Waals surface area contributed by atoms with Crippen LogP contribution in [0.1, 0.15) is 81.1 Å². The normalized spacial score (nSPS) is 13.6. The summed E-state index contributed by atoms with van der Waals surface area (Å²) in [5.41, 5.74) is 2.72. The molecule has 0 saturated carbocycles. The van der Waals surface area contributed by atoms with Gasteiger partial charge in [-0.15, -0.1) is 0 Å². The van der Waals surface area contributed by atoms with E-state index >= 15 is 0 Å². The number of hydrogen-bond donors (Lipinski definition) is 1. The van der Waals surface area contributed by atoms with Crippen molar-refractivity contribution in [3.63, 3.8) is 0 Å². The van der Waals surface area contributed by atoms with Crippen LogP contribution in [0, 0.1) is 0 Å². The summed E-state index contributed by atoms with van der Waals surface area (Å²) in [4.78, 5) is 0. The van der Waals surface area contributed by atoms with E-state index in [-0.39, 0.29) is 26.4 Å². The molecule has 0 heterocycles. The van der Waals surface area contributed by atoms with Gasteiger partial charge in [-0.05, 0) is 81.1 Å². The molecule has 0 aromatic rings. The van der Waals surface area contributed by atoms with E-state index in [4.69, 9.17) is 18.1 Å². The Hall–Kier alpha value is -0.520. The second-order valence-corrected chi connectivity index (χ2v) is 12.6. The third-order valence-electron chi connectivity index (χ3n) is 4.71. The summed E-state index contributed by atoms with van der Waals surface area (Å²) in [5, 5.41) is 3.08. The summed E-state index contributed by atoms with van der Waals surface area (Å²) in [5.74, 6) is 0. The fourth-order valence-electron chi connectivity index (χ4n) is 3.15. The summed E-state index contributed by atoms with van der Waals surface area (Å²) in [6.45, 7) is 16.3. The quantitative estimate of drug-likeness (QED) is 0.141. The van der Waals surface area contributed by atoms with E-state index < -0.39 is 20.7 Å². The molecule has 0 rings (SSSR count). The first-order valence-electron chi connectivity index (χ1n) is 12.0. The molecular weight excluding hydrogens is 460 g/mol. The Morgan fingerprint density at radius 2 is 1.09 bits per heavy atom. The summed E-state index contributed by atoms with van der Waals surface area (Å²) in [6, 6.07) is 0. The van der Waals surface area contributed by atoms with Crippen molar-refractivity contribution in [3.8, 4) is 0 Å². The maximum absolute atomic E-state index is 13.5. The molecule has 0 amide bonds. The van der Waals surface area contributed by atoms with Crippen LogP contribution in [0.25, 0.3) is 0 Å². The molecule has 0 saturated heterocycles. The summed E-state index contributed by atoms with van der Waals surface area (Å²) >= 11 is 0. The molecule has 0 radical (unpaired) electrons. The molecule has 0 atom stereocenters. The lowest BCUT2D eigenvalue weighted by Gasteiger charge is -2.31. The summed E-state index contributed by atoms with van der Waals surface area (Å²) < 4.78 is 48.9. The summed E-state index contributed by atoms with van der Waals surface area (Å²) in [7, 11) is -7.58. The highest BCUT2D eigenvalue weighted by Crippen LogP contribution is 2.69. The predicted octanol–water partition coefficient (Wildman–Crippen LogP) is 7.81. The highest BCUT2D eigenvalue weighted by molar-refractivity contribution is 7.72. The lowest BCUT2D eigenvalue weighted by Crippen LogP contribution is -2.32. The van der Waals surface area contributed by atoms with Crippen LogP contribution < -0.4 is 5.32 Å². The number of nitrogens with one attached hydrogen (secondary N) is 1. The van der Waals surface area contributed by atoms with Crippen molar-refractivity contribution in [2.24, 2.45) is 0 Å². The van der Waals surface area contributed by atoms with E-state index in [1.165, 1.54) is 16.7 Å². The second-order valence-electron chi connectivity index (χ2n) is 7.99. The molecule has 0 aliphatic carbocycles. The molecule has 7 nitrogen and oxygen atoms in total. The number of hydrogen-bond acceptors (Lipinski definition) is 7. The Labute approximate surface area is 202 Å². The van der Waals surface area contributed by atoms with Crippen molar-refractivity contribution in [2.45, 2.75) is 86.6 Å². The van der Waals surface area contributed by atoms with Gasteiger partial charge in [0.15, 0.2) is 0 Å². The van der Waals surface area contributed by atoms with Gasteiger partial charge in [-0.25, -0.2) is 0 Å². The van der Waals surface area contributed by atoms with Crippen molar-refractivity contribution in [1.29, 1.82) is 0 Å². The van der Waals surface area contributed by atoms with E-state index in [0.29, 0.717) is 6.54 Å². The minimum Gasteiger partial charge on any atom is -0.307 e. The Balaban J connectivity index is 5.27. The second kappa shape index (κ2) is 17.8. The van der Waals surface area contributed by atoms with Gasteiger partial charge in [-0.1, -0.05) is 34.9 Å². The third kappa shape index (κ3) is 13.2. The molecule has 0 fully saturated rings. The van der Waals surface area contributed by atoms with Crippen molar-refractivity contribution in [2.75, 3.05) is 33.0 Å². The molecule has 9 heteroatoms. The van der Waals surface area contributed by atoms with Crippen LogP contribution in [0.4, 0.5) is 0 Å². The first kappa shape index (κ1) is 32.5. The number of allylic oxidation sites excluding steroid dienone is 5. The average Bonchev–Trinajstić information content (AvgIpc) is 2.71. The van der Waals surface area contributed by atoms with Crippen LogP contribution in [0.15, 0.2) is 34.9 Å². The van der Waals surface area contributed by atoms with E-state index in [2.05, 4.69) is 45.2 Å². The van der Waals surface area contributed by atoms with Crippen molar-refractivity contribution in [1.82, 2.24) is 5.32 Å². The average molecular weight is 508 g/mol. The van der Waals surface area contributed by atoms with Gasteiger partial charge in [-0.3, -0.25) is 14.4 Å². The van der Waals surface area contributed by atoms with Gasteiger partial charge in [-0.2, -0.15) is 0 Å². The van der Waals surface area contributed by atoms with Gasteiger partial charge in [0.25, 0.3) is 0 Å². The Morgan fingerprint density at radius 3 is 1.48 bits per heavy atom. The van der Waals surface area contributed by atoms with Gasteiger partial charge in [0.2, 0.25) is 5.52 Å². The van der Waals surface area contributed by atoms with Gasteiger partial charge < -0.3 is 18.1 Å². The molecule has 33 heavy (non-hydrogen) atoms. The molecule has 0 unspecified atom stereocenters. The molecule has 0 aliphatic heterocycles. The largest absolute Gasteiger partial charge is 0.359 e. The molecular formula is C24H47NO6P2. The van der Waals surface area contributed by atoms with Crippen LogP contribution in [0.5, 0.6) is 0 Å². The topological polar surface area (TPSA) is 83.1 Å². The first-order valence-corrected chi connectivity index (χ1v) is 15.3. The Kier molecular flexibility index (Phi) is 17.6. The molecule has 0 aromatic heterocycles. The minimum absolute atomic E-state index is 0.155. The summed E-state index contributed by atoms with van der Waals surface area (Å²) in [6.07, 6.45) is 10.6. The molecule has 0 spiro atoms. The van der Waals surface area contributed by atoms with Gasteiger partial charge >= 0.3 is 15.2 Å². The molecule has 194 valence electrons. The zero-order valence-corrected chi connectivity index (χ0v) is 23.8. The highest BCUT2D eigenvalue weighted by Gasteiger charge is 2.50. The lowest BCUT2D eigenvalue weighted by atomic mass is 10.1.